The minimum Gasteiger partial charge on any atom is -0.480 e. The molecule has 4 rings (SSSR count). The second-order valence-corrected chi connectivity index (χ2v) is 7.12. The fourth-order valence-electron chi connectivity index (χ4n) is 3.72. The van der Waals surface area contributed by atoms with Crippen molar-refractivity contribution in [3.8, 4) is 0 Å². The first-order valence-corrected chi connectivity index (χ1v) is 9.81. The van der Waals surface area contributed by atoms with Gasteiger partial charge in [-0.15, -0.1) is 0 Å². The molecule has 1 aliphatic rings. The monoisotopic (exact) mass is 413 g/mol. The topological polar surface area (TPSA) is 81.7 Å². The predicted molar refractivity (Wildman–Crippen MR) is 119 cm³/mol. The average Bonchev–Trinajstić information content (AvgIpc) is 2.76. The molecule has 0 radical (unpaired) electrons. The number of carboxylic acids is 2. The zero-order valence-electron chi connectivity index (χ0n) is 16.7. The number of hydrogen-bond acceptors (Lipinski definition) is 3. The van der Waals surface area contributed by atoms with Crippen LogP contribution in [-0.2, 0) is 16.1 Å². The minimum atomic E-state index is -0.922. The number of anilines is 1. The molecule has 0 saturated carbocycles. The van der Waals surface area contributed by atoms with Gasteiger partial charge in [-0.2, -0.15) is 4.57 Å². The van der Waals surface area contributed by atoms with E-state index >= 15 is 0 Å². The van der Waals surface area contributed by atoms with Gasteiger partial charge in [0, 0.05) is 35.0 Å². The Labute approximate surface area is 179 Å². The second-order valence-electron chi connectivity index (χ2n) is 7.12. The number of benzene rings is 2. The number of nitrogens with zero attached hydrogens (tertiary/aromatic N) is 2. The van der Waals surface area contributed by atoms with E-state index < -0.39 is 11.9 Å². The Kier molecular flexibility index (Phi) is 5.62. The SMILES string of the molecule is O=C(O)CN1/C(=C/C=Cc2ccc3ccccc3[n+]2CC(=O)O)C=Cc2ccccc21. The van der Waals surface area contributed by atoms with Crippen molar-refractivity contribution in [1.82, 2.24) is 0 Å². The Morgan fingerprint density at radius 2 is 1.68 bits per heavy atom. The Bertz CT molecular complexity index is 1260. The van der Waals surface area contributed by atoms with Gasteiger partial charge in [-0.3, -0.25) is 4.79 Å². The van der Waals surface area contributed by atoms with Crippen LogP contribution in [0.1, 0.15) is 11.3 Å². The Balaban J connectivity index is 1.71. The molecule has 2 aromatic carbocycles. The number of pyridine rings is 1. The standard InChI is InChI=1S/C25H20N2O4/c28-24(29)16-26-20(14-12-18-6-1-3-10-22(18)26)8-5-9-21-15-13-19-7-2-4-11-23(19)27(21)17-25(30)31/h1-15H,16-17H2,(H-,28,29,30,31)/p+1. The van der Waals surface area contributed by atoms with Crippen LogP contribution in [0.25, 0.3) is 23.1 Å². The highest BCUT2D eigenvalue weighted by atomic mass is 16.4. The molecule has 0 atom stereocenters. The highest BCUT2D eigenvalue weighted by molar-refractivity contribution is 5.83. The smallest absolute Gasteiger partial charge is 0.370 e. The quantitative estimate of drug-likeness (QED) is 0.602. The van der Waals surface area contributed by atoms with Crippen molar-refractivity contribution in [2.24, 2.45) is 0 Å². The molecular formula is C25H21N2O4+. The van der Waals surface area contributed by atoms with Crippen molar-refractivity contribution in [3.05, 3.63) is 95.8 Å². The van der Waals surface area contributed by atoms with Crippen LogP contribution >= 0.6 is 0 Å². The molecule has 0 unspecified atom stereocenters. The van der Waals surface area contributed by atoms with Crippen LogP contribution in [0.2, 0.25) is 0 Å². The minimum absolute atomic E-state index is 0.157. The van der Waals surface area contributed by atoms with Gasteiger partial charge in [-0.1, -0.05) is 42.5 Å². The molecule has 2 heterocycles. The lowest BCUT2D eigenvalue weighted by Gasteiger charge is -2.28. The first kappa shape index (κ1) is 20.1. The maximum atomic E-state index is 11.4. The third kappa shape index (κ3) is 4.38. The van der Waals surface area contributed by atoms with E-state index in [2.05, 4.69) is 0 Å². The molecule has 154 valence electrons. The Morgan fingerprint density at radius 1 is 0.903 bits per heavy atom. The first-order valence-electron chi connectivity index (χ1n) is 9.81. The number of allylic oxidation sites excluding steroid dienone is 3. The van der Waals surface area contributed by atoms with Crippen LogP contribution in [0.3, 0.4) is 0 Å². The number of aliphatic carboxylic acids is 2. The highest BCUT2D eigenvalue weighted by Gasteiger charge is 2.20. The molecule has 0 saturated heterocycles. The predicted octanol–water partition coefficient (Wildman–Crippen LogP) is 3.73. The molecule has 3 aromatic rings. The molecule has 31 heavy (non-hydrogen) atoms. The van der Waals surface area contributed by atoms with Gasteiger partial charge in [0.1, 0.15) is 6.54 Å². The molecular weight excluding hydrogens is 392 g/mol. The summed E-state index contributed by atoms with van der Waals surface area (Å²) in [6.45, 7) is -0.313. The van der Waals surface area contributed by atoms with E-state index in [-0.39, 0.29) is 13.1 Å². The molecule has 6 heteroatoms. The van der Waals surface area contributed by atoms with E-state index in [1.807, 2.05) is 91.0 Å². The normalized spacial score (nSPS) is 14.3. The number of para-hydroxylation sites is 2. The molecule has 1 aliphatic heterocycles. The molecule has 0 spiro atoms. The molecule has 0 bridgehead atoms. The summed E-state index contributed by atoms with van der Waals surface area (Å²) in [5.41, 5.74) is 4.10. The Hall–Kier alpha value is -4.19. The van der Waals surface area contributed by atoms with Crippen molar-refractivity contribution in [2.45, 2.75) is 6.54 Å². The molecule has 2 N–H and O–H groups in total. The summed E-state index contributed by atoms with van der Waals surface area (Å²) in [4.78, 5) is 24.6. The van der Waals surface area contributed by atoms with Crippen molar-refractivity contribution < 1.29 is 24.4 Å². The zero-order valence-corrected chi connectivity index (χ0v) is 16.7. The van der Waals surface area contributed by atoms with Crippen molar-refractivity contribution in [3.63, 3.8) is 0 Å². The molecule has 6 nitrogen and oxygen atoms in total. The van der Waals surface area contributed by atoms with Crippen LogP contribution in [0.15, 0.2) is 84.6 Å². The number of rotatable bonds is 6. The third-order valence-electron chi connectivity index (χ3n) is 5.07. The van der Waals surface area contributed by atoms with E-state index in [0.717, 1.165) is 33.5 Å². The van der Waals surface area contributed by atoms with E-state index in [1.54, 1.807) is 9.47 Å². The van der Waals surface area contributed by atoms with E-state index in [0.29, 0.717) is 0 Å². The van der Waals surface area contributed by atoms with E-state index in [4.69, 9.17) is 0 Å². The van der Waals surface area contributed by atoms with Crippen LogP contribution in [0, 0.1) is 0 Å². The van der Waals surface area contributed by atoms with Gasteiger partial charge in [0.05, 0.1) is 0 Å². The van der Waals surface area contributed by atoms with Gasteiger partial charge < -0.3 is 15.1 Å². The lowest BCUT2D eigenvalue weighted by atomic mass is 10.1. The van der Waals surface area contributed by atoms with Gasteiger partial charge in [0.15, 0.2) is 0 Å². The maximum Gasteiger partial charge on any atom is 0.370 e. The van der Waals surface area contributed by atoms with Crippen LogP contribution in [0.5, 0.6) is 0 Å². The van der Waals surface area contributed by atoms with Crippen molar-refractivity contribution in [2.75, 3.05) is 11.4 Å². The van der Waals surface area contributed by atoms with E-state index in [9.17, 15) is 19.8 Å². The molecule has 0 aliphatic carbocycles. The van der Waals surface area contributed by atoms with Crippen molar-refractivity contribution >= 4 is 40.7 Å². The number of hydrogen-bond donors (Lipinski definition) is 2. The summed E-state index contributed by atoms with van der Waals surface area (Å²) in [5, 5.41) is 19.7. The summed E-state index contributed by atoms with van der Waals surface area (Å²) in [6.07, 6.45) is 9.30. The molecule has 0 amide bonds. The summed E-state index contributed by atoms with van der Waals surface area (Å²) in [7, 11) is 0. The first-order chi connectivity index (χ1) is 15.0. The van der Waals surface area contributed by atoms with Crippen LogP contribution in [-0.4, -0.2) is 28.7 Å². The number of aromatic nitrogens is 1. The fraction of sp³-hybridized carbons (Fsp3) is 0.0800. The van der Waals surface area contributed by atoms with Crippen molar-refractivity contribution in [1.29, 1.82) is 0 Å². The van der Waals surface area contributed by atoms with Crippen LogP contribution in [0.4, 0.5) is 5.69 Å². The van der Waals surface area contributed by atoms with Gasteiger partial charge in [0.2, 0.25) is 17.8 Å². The Morgan fingerprint density at radius 3 is 2.48 bits per heavy atom. The van der Waals surface area contributed by atoms with Crippen LogP contribution < -0.4 is 9.47 Å². The van der Waals surface area contributed by atoms with Gasteiger partial charge in [-0.25, -0.2) is 4.79 Å². The third-order valence-corrected chi connectivity index (χ3v) is 5.07. The summed E-state index contributed by atoms with van der Waals surface area (Å²) in [5.74, 6) is -1.84. The lowest BCUT2D eigenvalue weighted by molar-refractivity contribution is -0.661. The average molecular weight is 413 g/mol. The van der Waals surface area contributed by atoms with Gasteiger partial charge in [0.25, 0.3) is 0 Å². The lowest BCUT2D eigenvalue weighted by Crippen LogP contribution is -2.41. The number of carboxylic acid groups (broad SMARTS) is 2. The van der Waals surface area contributed by atoms with Gasteiger partial charge >= 0.3 is 11.9 Å². The second kappa shape index (κ2) is 8.67. The van der Waals surface area contributed by atoms with E-state index in [1.165, 1.54) is 0 Å². The summed E-state index contributed by atoms with van der Waals surface area (Å²) < 4.78 is 1.74. The summed E-state index contributed by atoms with van der Waals surface area (Å²) >= 11 is 0. The van der Waals surface area contributed by atoms with Gasteiger partial charge in [-0.05, 0) is 35.9 Å². The summed E-state index contributed by atoms with van der Waals surface area (Å²) in [6, 6.07) is 19.1. The fourth-order valence-corrected chi connectivity index (χ4v) is 3.72. The molecule has 1 aromatic heterocycles. The maximum absolute atomic E-state index is 11.4. The highest BCUT2D eigenvalue weighted by Crippen LogP contribution is 2.30. The molecule has 0 fully saturated rings. The largest absolute Gasteiger partial charge is 0.480 e. The number of carbonyl (C=O) groups is 2. The number of fused-ring (bicyclic) bond motifs is 2. The zero-order chi connectivity index (χ0) is 21.8.